The molecule has 61 valence electrons. The van der Waals surface area contributed by atoms with Gasteiger partial charge in [-0.15, -0.1) is 0 Å². The summed E-state index contributed by atoms with van der Waals surface area (Å²) in [6.07, 6.45) is 0. The Morgan fingerprint density at radius 1 is 1.17 bits per heavy atom. The zero-order chi connectivity index (χ0) is 8.39. The van der Waals surface area contributed by atoms with Crippen molar-refractivity contribution >= 4 is 13.2 Å². The molecule has 1 heterocycles. The SMILES string of the molecule is CN1[B]N(c2ccccc2)CC1. The molecule has 1 radical (unpaired) electrons. The Balaban J connectivity index is 2.11. The van der Waals surface area contributed by atoms with Crippen molar-refractivity contribution in [1.29, 1.82) is 0 Å². The molecule has 0 unspecified atom stereocenters. The van der Waals surface area contributed by atoms with E-state index in [0.717, 1.165) is 13.1 Å². The Hall–Kier alpha value is -0.955. The third-order valence-corrected chi connectivity index (χ3v) is 2.12. The summed E-state index contributed by atoms with van der Waals surface area (Å²) in [6.45, 7) is 2.22. The van der Waals surface area contributed by atoms with Crippen LogP contribution in [-0.4, -0.2) is 32.5 Å². The standard InChI is InChI=1S/C9H12BN2/c1-11-7-8-12(10-11)9-5-3-2-4-6-9/h2-6H,7-8H2,1H3. The van der Waals surface area contributed by atoms with Crippen molar-refractivity contribution in [3.05, 3.63) is 30.3 Å². The van der Waals surface area contributed by atoms with Gasteiger partial charge >= 0.3 is 7.55 Å². The fourth-order valence-corrected chi connectivity index (χ4v) is 1.43. The van der Waals surface area contributed by atoms with E-state index in [1.807, 2.05) is 6.07 Å². The molecular weight excluding hydrogens is 147 g/mol. The van der Waals surface area contributed by atoms with Gasteiger partial charge in [-0.3, -0.25) is 0 Å². The molecule has 2 rings (SSSR count). The van der Waals surface area contributed by atoms with Crippen LogP contribution < -0.4 is 4.81 Å². The van der Waals surface area contributed by atoms with Crippen LogP contribution in [0, 0.1) is 0 Å². The van der Waals surface area contributed by atoms with Gasteiger partial charge < -0.3 is 9.62 Å². The summed E-state index contributed by atoms with van der Waals surface area (Å²) in [7, 11) is 4.25. The van der Waals surface area contributed by atoms with Gasteiger partial charge in [-0.05, 0) is 19.2 Å². The highest BCUT2D eigenvalue weighted by molar-refractivity contribution is 6.39. The largest absolute Gasteiger partial charge is 0.403 e. The molecule has 0 aromatic heterocycles. The zero-order valence-electron chi connectivity index (χ0n) is 7.27. The lowest BCUT2D eigenvalue weighted by Gasteiger charge is -2.16. The molecular formula is C9H12BN2. The minimum Gasteiger partial charge on any atom is -0.403 e. The monoisotopic (exact) mass is 159 g/mol. The predicted molar refractivity (Wildman–Crippen MR) is 52.2 cm³/mol. The number of nitrogens with zero attached hydrogens (tertiary/aromatic N) is 2. The van der Waals surface area contributed by atoms with E-state index in [0.29, 0.717) is 0 Å². The first kappa shape index (κ1) is 7.68. The van der Waals surface area contributed by atoms with Crippen LogP contribution in [0.3, 0.4) is 0 Å². The van der Waals surface area contributed by atoms with Crippen molar-refractivity contribution in [2.45, 2.75) is 0 Å². The molecule has 12 heavy (non-hydrogen) atoms. The highest BCUT2D eigenvalue weighted by Crippen LogP contribution is 2.14. The van der Waals surface area contributed by atoms with Gasteiger partial charge in [0.15, 0.2) is 0 Å². The lowest BCUT2D eigenvalue weighted by atomic mass is 10.1. The van der Waals surface area contributed by atoms with Gasteiger partial charge in [-0.2, -0.15) is 0 Å². The molecule has 0 N–H and O–H groups in total. The molecule has 2 nitrogen and oxygen atoms in total. The van der Waals surface area contributed by atoms with Crippen molar-refractivity contribution in [3.63, 3.8) is 0 Å². The van der Waals surface area contributed by atoms with E-state index >= 15 is 0 Å². The molecule has 1 aromatic carbocycles. The fraction of sp³-hybridized carbons (Fsp3) is 0.333. The predicted octanol–water partition coefficient (Wildman–Crippen LogP) is 0.973. The van der Waals surface area contributed by atoms with E-state index in [-0.39, 0.29) is 0 Å². The molecule has 1 aliphatic rings. The molecule has 1 aromatic rings. The summed E-state index contributed by atoms with van der Waals surface area (Å²) in [5.41, 5.74) is 1.28. The van der Waals surface area contributed by atoms with Crippen LogP contribution in [0.4, 0.5) is 5.69 Å². The van der Waals surface area contributed by atoms with E-state index < -0.39 is 0 Å². The van der Waals surface area contributed by atoms with Crippen LogP contribution in [-0.2, 0) is 0 Å². The van der Waals surface area contributed by atoms with E-state index in [2.05, 4.69) is 48.5 Å². The second kappa shape index (κ2) is 3.19. The highest BCUT2D eigenvalue weighted by atomic mass is 15.2. The Morgan fingerprint density at radius 3 is 2.50 bits per heavy atom. The minimum absolute atomic E-state index is 1.10. The van der Waals surface area contributed by atoms with Crippen LogP contribution in [0.2, 0.25) is 0 Å². The van der Waals surface area contributed by atoms with Gasteiger partial charge in [0.1, 0.15) is 0 Å². The maximum atomic E-state index is 2.26. The number of rotatable bonds is 1. The number of likely N-dealkylation sites (N-methyl/N-ethyl adjacent to an activating group) is 1. The van der Waals surface area contributed by atoms with Crippen molar-refractivity contribution < 1.29 is 0 Å². The summed E-state index contributed by atoms with van der Waals surface area (Å²) in [5.74, 6) is 0. The van der Waals surface area contributed by atoms with E-state index in [1.165, 1.54) is 5.69 Å². The average Bonchev–Trinajstić information content (AvgIpc) is 2.54. The quantitative estimate of drug-likeness (QED) is 0.563. The Morgan fingerprint density at radius 2 is 1.92 bits per heavy atom. The number of anilines is 1. The van der Waals surface area contributed by atoms with Crippen LogP contribution >= 0.6 is 0 Å². The minimum atomic E-state index is 1.10. The van der Waals surface area contributed by atoms with Gasteiger partial charge in [0, 0.05) is 18.8 Å². The number of benzene rings is 1. The fourth-order valence-electron chi connectivity index (χ4n) is 1.43. The summed E-state index contributed by atoms with van der Waals surface area (Å²) < 4.78 is 0. The molecule has 1 saturated heterocycles. The van der Waals surface area contributed by atoms with Gasteiger partial charge in [-0.1, -0.05) is 18.2 Å². The number of hydrogen-bond acceptors (Lipinski definition) is 2. The van der Waals surface area contributed by atoms with Crippen LogP contribution in [0.25, 0.3) is 0 Å². The van der Waals surface area contributed by atoms with Gasteiger partial charge in [0.25, 0.3) is 0 Å². The summed E-state index contributed by atoms with van der Waals surface area (Å²) in [4.78, 5) is 4.47. The second-order valence-corrected chi connectivity index (χ2v) is 3.13. The van der Waals surface area contributed by atoms with Gasteiger partial charge in [0.2, 0.25) is 0 Å². The molecule has 1 fully saturated rings. The average molecular weight is 159 g/mol. The lowest BCUT2D eigenvalue weighted by molar-refractivity contribution is 0.590. The van der Waals surface area contributed by atoms with Crippen LogP contribution in [0.15, 0.2) is 30.3 Å². The smallest absolute Gasteiger partial charge is 0.352 e. The normalized spacial score (nSPS) is 17.9. The first-order valence-electron chi connectivity index (χ1n) is 4.23. The maximum Gasteiger partial charge on any atom is 0.352 e. The van der Waals surface area contributed by atoms with Crippen molar-refractivity contribution in [3.8, 4) is 0 Å². The van der Waals surface area contributed by atoms with Gasteiger partial charge in [-0.25, -0.2) is 0 Å². The molecule has 0 saturated carbocycles. The van der Waals surface area contributed by atoms with Crippen molar-refractivity contribution in [2.75, 3.05) is 24.9 Å². The second-order valence-electron chi connectivity index (χ2n) is 3.13. The molecule has 1 aliphatic heterocycles. The van der Waals surface area contributed by atoms with E-state index in [4.69, 9.17) is 0 Å². The molecule has 0 amide bonds. The first-order valence-corrected chi connectivity index (χ1v) is 4.23. The molecule has 0 bridgehead atoms. The summed E-state index contributed by atoms with van der Waals surface area (Å²) >= 11 is 0. The third-order valence-electron chi connectivity index (χ3n) is 2.12. The Bertz CT molecular complexity index is 250. The highest BCUT2D eigenvalue weighted by Gasteiger charge is 2.18. The van der Waals surface area contributed by atoms with Crippen molar-refractivity contribution in [2.24, 2.45) is 0 Å². The lowest BCUT2D eigenvalue weighted by Crippen LogP contribution is -2.26. The topological polar surface area (TPSA) is 6.48 Å². The third kappa shape index (κ3) is 1.46. The number of para-hydroxylation sites is 1. The Kier molecular flexibility index (Phi) is 2.04. The first-order chi connectivity index (χ1) is 5.86. The van der Waals surface area contributed by atoms with E-state index in [1.54, 1.807) is 0 Å². The van der Waals surface area contributed by atoms with Crippen molar-refractivity contribution in [1.82, 2.24) is 4.81 Å². The molecule has 3 heteroatoms. The maximum absolute atomic E-state index is 2.26. The number of hydrogen-bond donors (Lipinski definition) is 0. The summed E-state index contributed by atoms with van der Waals surface area (Å²) in [6, 6.07) is 10.5. The van der Waals surface area contributed by atoms with Crippen LogP contribution in [0.1, 0.15) is 0 Å². The van der Waals surface area contributed by atoms with E-state index in [9.17, 15) is 0 Å². The molecule has 0 atom stereocenters. The van der Waals surface area contributed by atoms with Gasteiger partial charge in [0.05, 0.1) is 0 Å². The summed E-state index contributed by atoms with van der Waals surface area (Å²) in [5, 5.41) is 0. The molecule has 0 aliphatic carbocycles. The molecule has 0 spiro atoms. The Labute approximate surface area is 74.1 Å². The zero-order valence-corrected chi connectivity index (χ0v) is 7.27. The van der Waals surface area contributed by atoms with Crippen LogP contribution in [0.5, 0.6) is 0 Å².